The molecule has 0 radical (unpaired) electrons. The maximum Gasteiger partial charge on any atom is 0.252 e. The topological polar surface area (TPSA) is 121 Å². The number of H-pyrrole nitrogens is 1. The van der Waals surface area contributed by atoms with E-state index < -0.39 is 21.5 Å². The minimum atomic E-state index is -3.73. The number of rotatable bonds is 6. The number of thiazole rings is 1. The number of fused-ring (bicyclic) bond motifs is 1. The molecule has 1 aliphatic rings. The van der Waals surface area contributed by atoms with Crippen molar-refractivity contribution in [3.63, 3.8) is 0 Å². The summed E-state index contributed by atoms with van der Waals surface area (Å²) in [4.78, 5) is 31.6. The molecule has 0 spiro atoms. The number of nitrogens with zero attached hydrogens (tertiary/aromatic N) is 2. The summed E-state index contributed by atoms with van der Waals surface area (Å²) in [5.74, 6) is -0.441. The third-order valence-electron chi connectivity index (χ3n) is 4.77. The molecule has 1 aliphatic heterocycles. The number of nitrogens with one attached hydrogen (secondary N) is 2. The Kier molecular flexibility index (Phi) is 5.95. The van der Waals surface area contributed by atoms with Crippen molar-refractivity contribution in [1.29, 1.82) is 0 Å². The Balaban J connectivity index is 1.64. The Morgan fingerprint density at radius 2 is 2.07 bits per heavy atom. The molecule has 0 bridgehead atoms. The lowest BCUT2D eigenvalue weighted by Gasteiger charge is -2.26. The Labute approximate surface area is 176 Å². The molecule has 0 aliphatic carbocycles. The van der Waals surface area contributed by atoms with E-state index in [1.54, 1.807) is 6.20 Å². The summed E-state index contributed by atoms with van der Waals surface area (Å²) in [7, 11) is -3.73. The first-order valence-electron chi connectivity index (χ1n) is 9.37. The number of hydrogen-bond donors (Lipinski definition) is 2. The van der Waals surface area contributed by atoms with Crippen LogP contribution in [0.3, 0.4) is 0 Å². The molecule has 0 unspecified atom stereocenters. The normalized spacial score (nSPS) is 15.3. The Bertz CT molecular complexity index is 1220. The second kappa shape index (κ2) is 8.64. The van der Waals surface area contributed by atoms with Gasteiger partial charge in [-0.15, -0.1) is 11.3 Å². The number of carbonyl (C=O) groups is 1. The number of carbonyl (C=O) groups excluding carboxylic acids is 1. The molecule has 11 heteroatoms. The minimum absolute atomic E-state index is 0.0702. The third-order valence-corrected chi connectivity index (χ3v) is 7.51. The highest BCUT2D eigenvalue weighted by Crippen LogP contribution is 2.23. The van der Waals surface area contributed by atoms with Crippen LogP contribution in [0.4, 0.5) is 0 Å². The molecule has 2 N–H and O–H groups in total. The second-order valence-corrected chi connectivity index (χ2v) is 9.62. The van der Waals surface area contributed by atoms with Gasteiger partial charge in [0.25, 0.3) is 5.91 Å². The predicted octanol–water partition coefficient (Wildman–Crippen LogP) is 0.978. The first-order chi connectivity index (χ1) is 14.4. The molecule has 9 nitrogen and oxygen atoms in total. The Morgan fingerprint density at radius 1 is 1.27 bits per heavy atom. The minimum Gasteiger partial charge on any atom is -0.379 e. The largest absolute Gasteiger partial charge is 0.379 e. The summed E-state index contributed by atoms with van der Waals surface area (Å²) in [6.07, 6.45) is 2.27. The SMILES string of the molecule is O=C(NCCc1nccs1)c1cc(=O)[nH]c2ccc(S(=O)(=O)N3CCOCC3)cc12. The lowest BCUT2D eigenvalue weighted by molar-refractivity contribution is 0.0730. The number of hydrogen-bond acceptors (Lipinski definition) is 7. The molecule has 30 heavy (non-hydrogen) atoms. The number of morpholine rings is 1. The molecule has 2 aromatic heterocycles. The van der Waals surface area contributed by atoms with Crippen LogP contribution < -0.4 is 10.9 Å². The van der Waals surface area contributed by atoms with Crippen LogP contribution in [-0.2, 0) is 21.2 Å². The molecule has 1 fully saturated rings. The number of sulfonamides is 1. The number of aromatic nitrogens is 2. The quantitative estimate of drug-likeness (QED) is 0.580. The Hall–Kier alpha value is -2.60. The number of benzene rings is 1. The standard InChI is InChI=1S/C19H20N4O5S2/c24-17-12-15(19(25)21-4-3-18-20-5-10-29-18)14-11-13(1-2-16(14)22-17)30(26,27)23-6-8-28-9-7-23/h1-2,5,10-12H,3-4,6-9H2,(H,21,25)(H,22,24). The predicted molar refractivity (Wildman–Crippen MR) is 112 cm³/mol. The van der Waals surface area contributed by atoms with Crippen LogP contribution >= 0.6 is 11.3 Å². The molecule has 1 saturated heterocycles. The molecule has 3 aromatic rings. The van der Waals surface area contributed by atoms with Gasteiger partial charge < -0.3 is 15.0 Å². The van der Waals surface area contributed by atoms with Crippen molar-refractivity contribution in [2.45, 2.75) is 11.3 Å². The highest BCUT2D eigenvalue weighted by Gasteiger charge is 2.27. The molecule has 0 saturated carbocycles. The van der Waals surface area contributed by atoms with Crippen LogP contribution in [0.1, 0.15) is 15.4 Å². The fourth-order valence-corrected chi connectivity index (χ4v) is 5.33. The molecule has 4 rings (SSSR count). The average Bonchev–Trinajstić information content (AvgIpc) is 3.27. The van der Waals surface area contributed by atoms with Crippen LogP contribution in [0, 0.1) is 0 Å². The number of amides is 1. The van der Waals surface area contributed by atoms with E-state index in [2.05, 4.69) is 15.3 Å². The molecule has 1 amide bonds. The van der Waals surface area contributed by atoms with E-state index in [0.29, 0.717) is 37.1 Å². The molecular formula is C19H20N4O5S2. The zero-order chi connectivity index (χ0) is 21.1. The van der Waals surface area contributed by atoms with E-state index in [9.17, 15) is 18.0 Å². The first-order valence-corrected chi connectivity index (χ1v) is 11.7. The van der Waals surface area contributed by atoms with E-state index in [4.69, 9.17) is 4.74 Å². The average molecular weight is 449 g/mol. The third kappa shape index (κ3) is 4.29. The van der Waals surface area contributed by atoms with E-state index in [-0.39, 0.29) is 23.5 Å². The van der Waals surface area contributed by atoms with Crippen LogP contribution in [0.5, 0.6) is 0 Å². The summed E-state index contributed by atoms with van der Waals surface area (Å²) in [6.45, 7) is 1.58. The molecule has 158 valence electrons. The van der Waals surface area contributed by atoms with Crippen molar-refractivity contribution in [3.05, 3.63) is 56.8 Å². The summed E-state index contributed by atoms with van der Waals surface area (Å²) in [5.41, 5.74) is 0.0942. The zero-order valence-electron chi connectivity index (χ0n) is 16.0. The van der Waals surface area contributed by atoms with Crippen molar-refractivity contribution < 1.29 is 17.9 Å². The summed E-state index contributed by atoms with van der Waals surface area (Å²) in [5, 5.41) is 5.90. The van der Waals surface area contributed by atoms with E-state index in [1.165, 1.54) is 39.9 Å². The maximum absolute atomic E-state index is 13.0. The van der Waals surface area contributed by atoms with Crippen LogP contribution in [0.2, 0.25) is 0 Å². The van der Waals surface area contributed by atoms with Gasteiger partial charge in [-0.05, 0) is 18.2 Å². The van der Waals surface area contributed by atoms with Crippen molar-refractivity contribution >= 4 is 38.2 Å². The highest BCUT2D eigenvalue weighted by atomic mass is 32.2. The van der Waals surface area contributed by atoms with Gasteiger partial charge in [0.2, 0.25) is 15.6 Å². The van der Waals surface area contributed by atoms with Gasteiger partial charge in [0.15, 0.2) is 0 Å². The monoisotopic (exact) mass is 448 g/mol. The van der Waals surface area contributed by atoms with Gasteiger partial charge >= 0.3 is 0 Å². The van der Waals surface area contributed by atoms with E-state index >= 15 is 0 Å². The van der Waals surface area contributed by atoms with Gasteiger partial charge in [-0.3, -0.25) is 9.59 Å². The van der Waals surface area contributed by atoms with Crippen molar-refractivity contribution in [1.82, 2.24) is 19.6 Å². The molecule has 0 atom stereocenters. The van der Waals surface area contributed by atoms with Gasteiger partial charge in [-0.1, -0.05) is 0 Å². The fourth-order valence-electron chi connectivity index (χ4n) is 3.27. The number of aromatic amines is 1. The van der Waals surface area contributed by atoms with Crippen LogP contribution in [0.15, 0.2) is 45.5 Å². The van der Waals surface area contributed by atoms with Gasteiger partial charge in [-0.2, -0.15) is 4.31 Å². The van der Waals surface area contributed by atoms with E-state index in [0.717, 1.165) is 5.01 Å². The Morgan fingerprint density at radius 3 is 2.80 bits per heavy atom. The smallest absolute Gasteiger partial charge is 0.252 e. The van der Waals surface area contributed by atoms with Gasteiger partial charge in [0.1, 0.15) is 0 Å². The zero-order valence-corrected chi connectivity index (χ0v) is 17.6. The molecule has 1 aromatic carbocycles. The highest BCUT2D eigenvalue weighted by molar-refractivity contribution is 7.89. The van der Waals surface area contributed by atoms with Gasteiger partial charge in [0, 0.05) is 54.6 Å². The van der Waals surface area contributed by atoms with Crippen molar-refractivity contribution in [2.75, 3.05) is 32.8 Å². The van der Waals surface area contributed by atoms with E-state index in [1.807, 2.05) is 5.38 Å². The summed E-state index contributed by atoms with van der Waals surface area (Å²) >= 11 is 1.50. The summed E-state index contributed by atoms with van der Waals surface area (Å²) in [6, 6.07) is 5.57. The lowest BCUT2D eigenvalue weighted by Crippen LogP contribution is -2.40. The lowest BCUT2D eigenvalue weighted by atomic mass is 10.1. The maximum atomic E-state index is 13.0. The summed E-state index contributed by atoms with van der Waals surface area (Å²) < 4.78 is 32.5. The van der Waals surface area contributed by atoms with Crippen molar-refractivity contribution in [3.8, 4) is 0 Å². The van der Waals surface area contributed by atoms with Crippen LogP contribution in [0.25, 0.3) is 10.9 Å². The number of pyridine rings is 1. The van der Waals surface area contributed by atoms with Gasteiger partial charge in [-0.25, -0.2) is 13.4 Å². The number of ether oxygens (including phenoxy) is 1. The molecular weight excluding hydrogens is 428 g/mol. The van der Waals surface area contributed by atoms with Crippen LogP contribution in [-0.4, -0.2) is 61.4 Å². The first kappa shape index (κ1) is 20.7. The second-order valence-electron chi connectivity index (χ2n) is 6.70. The van der Waals surface area contributed by atoms with Gasteiger partial charge in [0.05, 0.1) is 28.7 Å². The van der Waals surface area contributed by atoms with Crippen molar-refractivity contribution in [2.24, 2.45) is 0 Å². The fraction of sp³-hybridized carbons (Fsp3) is 0.316. The molecule has 3 heterocycles.